The molecule has 0 fully saturated rings. The zero-order valence-electron chi connectivity index (χ0n) is 51.8. The van der Waals surface area contributed by atoms with Gasteiger partial charge < -0.3 is 13.9 Å². The third-order valence-corrected chi connectivity index (χ3v) is 18.6. The predicted octanol–water partition coefficient (Wildman–Crippen LogP) is 20.5. The van der Waals surface area contributed by atoms with Crippen molar-refractivity contribution in [1.29, 1.82) is 0 Å². The summed E-state index contributed by atoms with van der Waals surface area (Å²) in [6.07, 6.45) is 8.27. The van der Waals surface area contributed by atoms with Crippen molar-refractivity contribution in [3.8, 4) is 84.3 Å². The van der Waals surface area contributed by atoms with Crippen LogP contribution in [0.3, 0.4) is 0 Å². The summed E-state index contributed by atoms with van der Waals surface area (Å²) in [5.41, 5.74) is 24.1. The summed E-state index contributed by atoms with van der Waals surface area (Å²) in [6.45, 7) is 30.2. The van der Waals surface area contributed by atoms with E-state index in [1.54, 1.807) is 0 Å². The number of nitrogens with zero attached hydrogens (tertiary/aromatic N) is 4. The second-order valence-electron chi connectivity index (χ2n) is 28.4. The molecule has 0 N–H and O–H groups in total. The van der Waals surface area contributed by atoms with E-state index in [1.807, 2.05) is 18.3 Å². The van der Waals surface area contributed by atoms with Gasteiger partial charge in [-0.3, -0.25) is 4.57 Å². The van der Waals surface area contributed by atoms with Crippen LogP contribution in [-0.4, -0.2) is 14.1 Å². The van der Waals surface area contributed by atoms with Gasteiger partial charge in [-0.1, -0.05) is 217 Å². The van der Waals surface area contributed by atoms with Crippen molar-refractivity contribution < 1.29 is 30.4 Å². The number of hydrogen-bond acceptors (Lipinski definition) is 2. The minimum Gasteiger partial charge on any atom is -0.510 e. The Kier molecular flexibility index (Phi) is 13.6. The van der Waals surface area contributed by atoms with Crippen LogP contribution >= 0.6 is 0 Å². The number of para-hydroxylation sites is 2. The first-order valence-electron chi connectivity index (χ1n) is 30.3. The number of fused-ring (bicyclic) bond motifs is 11. The normalized spacial score (nSPS) is 14.3. The fourth-order valence-corrected chi connectivity index (χ4v) is 13.4. The van der Waals surface area contributed by atoms with Gasteiger partial charge >= 0.3 is 0 Å². The Hall–Kier alpha value is -8.11. The Labute approximate surface area is 522 Å². The van der Waals surface area contributed by atoms with Gasteiger partial charge in [0.15, 0.2) is 0 Å². The topological polar surface area (TPSA) is 35.9 Å². The van der Waals surface area contributed by atoms with Gasteiger partial charge in [0.1, 0.15) is 5.82 Å². The standard InChI is InChI=1S/C80H74N4O.Pt/c1-76(2,3)53-32-28-50(29-33-53)52-42-67-61-23-15-14-22-60(61)65-47-68-69(80(12,13)40-39-79(68,10)11)48-66(65)64-26-19-25-59(51-30-34-54(35-31-51)77(4,5)6)74(64)83-49-82(72(43-52)75(67)83)56-20-18-21-57(45-56)85-58-36-37-63-62-24-16-17-27-70(62)84(71(63)46-58)73-44-55(38-41-81-73)78(7,8)9;/h14-38,41-44,47-48H,39-40H2,1-13H3;/q-2;. The van der Waals surface area contributed by atoms with Gasteiger partial charge in [-0.2, -0.15) is 18.2 Å². The average molecular weight is 1300 g/mol. The summed E-state index contributed by atoms with van der Waals surface area (Å²) < 4.78 is 13.7. The molecule has 432 valence electrons. The van der Waals surface area contributed by atoms with E-state index in [0.29, 0.717) is 11.5 Å². The Morgan fingerprint density at radius 2 is 1.03 bits per heavy atom. The monoisotopic (exact) mass is 1300 g/mol. The number of benzene rings is 9. The van der Waals surface area contributed by atoms with Crippen LogP contribution in [0.1, 0.15) is 131 Å². The van der Waals surface area contributed by atoms with Gasteiger partial charge in [0.2, 0.25) is 0 Å². The van der Waals surface area contributed by atoms with Gasteiger partial charge in [-0.15, -0.1) is 29.7 Å². The smallest absolute Gasteiger partial charge is 0.268 e. The van der Waals surface area contributed by atoms with Crippen molar-refractivity contribution in [2.75, 3.05) is 0 Å². The molecule has 12 aromatic rings. The number of pyridine rings is 1. The molecule has 1 aliphatic carbocycles. The van der Waals surface area contributed by atoms with E-state index in [1.165, 1.54) is 50.1 Å². The van der Waals surface area contributed by atoms with Gasteiger partial charge in [0.25, 0.3) is 6.33 Å². The van der Waals surface area contributed by atoms with E-state index in [4.69, 9.17) is 9.72 Å². The summed E-state index contributed by atoms with van der Waals surface area (Å²) >= 11 is 0. The number of rotatable bonds is 6. The van der Waals surface area contributed by atoms with E-state index in [2.05, 4.69) is 292 Å². The summed E-state index contributed by atoms with van der Waals surface area (Å²) in [7, 11) is 0. The Morgan fingerprint density at radius 3 is 1.70 bits per heavy atom. The first kappa shape index (κ1) is 57.0. The molecule has 0 saturated heterocycles. The zero-order chi connectivity index (χ0) is 59.1. The molecule has 9 aromatic carbocycles. The molecule has 1 aliphatic heterocycles. The molecule has 3 aromatic heterocycles. The van der Waals surface area contributed by atoms with Gasteiger partial charge in [0.05, 0.1) is 16.7 Å². The molecule has 0 radical (unpaired) electrons. The van der Waals surface area contributed by atoms with Gasteiger partial charge in [0, 0.05) is 44.3 Å². The SMILES string of the molecule is CC(C)(C)c1ccc(-c2cc3c4c(c2)n(-c2[c-]c(Oc5[c-]c6c(cc5)c5ccccc5n6-c5cc(C(C)(C)C)ccn5)ccc2)[c-][n+]4-c2c(-c4ccc(C(C)(C)C)cc4)cccc2-c2cc4c(cc2-c2ccccc2-3)C(C)(C)CCC4(C)C)cc1.[Pt]. The quantitative estimate of drug-likeness (QED) is 0.123. The molecule has 0 spiro atoms. The molecular formula is C80H74N4OPt-2. The van der Waals surface area contributed by atoms with Crippen molar-refractivity contribution in [2.45, 2.75) is 130 Å². The van der Waals surface area contributed by atoms with Crippen LogP contribution in [0.25, 0.3) is 106 Å². The van der Waals surface area contributed by atoms with Crippen molar-refractivity contribution >= 4 is 32.8 Å². The van der Waals surface area contributed by atoms with Crippen LogP contribution in [0.4, 0.5) is 0 Å². The molecule has 4 heterocycles. The van der Waals surface area contributed by atoms with Crippen LogP contribution in [-0.2, 0) is 48.1 Å². The molecule has 0 saturated carbocycles. The minimum atomic E-state index is -0.0536. The van der Waals surface area contributed by atoms with Gasteiger partial charge in [-0.25, -0.2) is 4.98 Å². The first-order chi connectivity index (χ1) is 40.5. The molecule has 2 aliphatic rings. The molecule has 14 rings (SSSR count). The number of hydrogen-bond donors (Lipinski definition) is 0. The Morgan fingerprint density at radius 1 is 0.465 bits per heavy atom. The van der Waals surface area contributed by atoms with E-state index >= 15 is 0 Å². The Balaban J connectivity index is 0.00000686. The maximum Gasteiger partial charge on any atom is 0.268 e. The number of imidazole rings is 1. The van der Waals surface area contributed by atoms with Crippen LogP contribution in [0, 0.1) is 18.5 Å². The van der Waals surface area contributed by atoms with E-state index < -0.39 is 0 Å². The third-order valence-electron chi connectivity index (χ3n) is 18.6. The summed E-state index contributed by atoms with van der Waals surface area (Å²) in [4.78, 5) is 4.94. The number of ether oxygens (including phenoxy) is 1. The maximum atomic E-state index is 6.93. The molecule has 0 unspecified atom stereocenters. The summed E-state index contributed by atoms with van der Waals surface area (Å²) in [5.74, 6) is 1.99. The van der Waals surface area contributed by atoms with Gasteiger partial charge in [-0.05, 0) is 165 Å². The zero-order valence-corrected chi connectivity index (χ0v) is 54.1. The van der Waals surface area contributed by atoms with Crippen molar-refractivity contribution in [2.24, 2.45) is 0 Å². The summed E-state index contributed by atoms with van der Waals surface area (Å²) in [5, 5.41) is 2.21. The van der Waals surface area contributed by atoms with Crippen molar-refractivity contribution in [1.82, 2.24) is 14.1 Å². The second-order valence-corrected chi connectivity index (χ2v) is 28.4. The van der Waals surface area contributed by atoms with Crippen molar-refractivity contribution in [3.05, 3.63) is 234 Å². The maximum absolute atomic E-state index is 6.93. The predicted molar refractivity (Wildman–Crippen MR) is 352 cm³/mol. The molecule has 5 nitrogen and oxygen atoms in total. The van der Waals surface area contributed by atoms with Crippen LogP contribution in [0.5, 0.6) is 11.5 Å². The molecule has 0 bridgehead atoms. The Bertz CT molecular complexity index is 4660. The largest absolute Gasteiger partial charge is 0.510 e. The molecule has 0 atom stereocenters. The van der Waals surface area contributed by atoms with E-state index in [-0.39, 0.29) is 48.1 Å². The summed E-state index contributed by atoms with van der Waals surface area (Å²) in [6, 6.07) is 75.1. The molecular weight excluding hydrogens is 1230 g/mol. The van der Waals surface area contributed by atoms with E-state index in [0.717, 1.165) is 96.3 Å². The fraction of sp³-hybridized carbons (Fsp3) is 0.250. The average Bonchev–Trinajstić information content (AvgIpc) is 1.59. The molecule has 86 heavy (non-hydrogen) atoms. The van der Waals surface area contributed by atoms with Crippen LogP contribution in [0.2, 0.25) is 0 Å². The fourth-order valence-electron chi connectivity index (χ4n) is 13.4. The third kappa shape index (κ3) is 9.66. The van der Waals surface area contributed by atoms with Crippen LogP contribution in [0.15, 0.2) is 188 Å². The van der Waals surface area contributed by atoms with Crippen molar-refractivity contribution in [3.63, 3.8) is 0 Å². The second kappa shape index (κ2) is 20.5. The molecule has 0 amide bonds. The van der Waals surface area contributed by atoms with Crippen LogP contribution < -0.4 is 9.30 Å². The van der Waals surface area contributed by atoms with E-state index in [9.17, 15) is 0 Å². The minimum absolute atomic E-state index is 0. The first-order valence-corrected chi connectivity index (χ1v) is 30.3. The number of aromatic nitrogens is 4. The molecule has 6 heteroatoms.